The lowest BCUT2D eigenvalue weighted by molar-refractivity contribution is 0.415. The van der Waals surface area contributed by atoms with Gasteiger partial charge in [-0.15, -0.1) is 21.5 Å². The second-order valence-corrected chi connectivity index (χ2v) is 8.81. The molecule has 0 amide bonds. The number of methoxy groups -OCH3 is 1. The van der Waals surface area contributed by atoms with Gasteiger partial charge in [-0.1, -0.05) is 29.4 Å². The van der Waals surface area contributed by atoms with Crippen LogP contribution >= 0.6 is 34.7 Å². The Morgan fingerprint density at radius 2 is 1.87 bits per heavy atom. The number of aryl methyl sites for hydroxylation is 1. The van der Waals surface area contributed by atoms with Crippen LogP contribution in [0.3, 0.4) is 0 Å². The first-order valence-corrected chi connectivity index (χ1v) is 11.2. The zero-order valence-electron chi connectivity index (χ0n) is 16.2. The maximum atomic E-state index is 13.9. The molecule has 2 aromatic carbocycles. The van der Waals surface area contributed by atoms with E-state index in [9.17, 15) is 4.39 Å². The van der Waals surface area contributed by atoms with E-state index in [1.807, 2.05) is 43.3 Å². The highest BCUT2D eigenvalue weighted by atomic mass is 35.5. The number of benzene rings is 2. The third-order valence-electron chi connectivity index (χ3n) is 4.43. The average molecular weight is 458 g/mol. The van der Waals surface area contributed by atoms with Crippen LogP contribution in [-0.2, 0) is 5.75 Å². The Hall–Kier alpha value is -2.48. The largest absolute Gasteiger partial charge is 0.497 e. The van der Waals surface area contributed by atoms with E-state index in [0.29, 0.717) is 21.4 Å². The van der Waals surface area contributed by atoms with E-state index in [4.69, 9.17) is 16.3 Å². The van der Waals surface area contributed by atoms with Crippen molar-refractivity contribution >= 4 is 34.7 Å². The van der Waals surface area contributed by atoms with E-state index in [1.165, 1.54) is 17.8 Å². The molecule has 0 aliphatic carbocycles. The Bertz CT molecular complexity index is 1140. The summed E-state index contributed by atoms with van der Waals surface area (Å²) in [5.74, 6) is 0.884. The van der Waals surface area contributed by atoms with Gasteiger partial charge in [0.25, 0.3) is 0 Å². The van der Waals surface area contributed by atoms with Crippen LogP contribution in [0.4, 0.5) is 4.39 Å². The molecule has 30 heavy (non-hydrogen) atoms. The monoisotopic (exact) mass is 457 g/mol. The van der Waals surface area contributed by atoms with E-state index in [1.54, 1.807) is 30.6 Å². The lowest BCUT2D eigenvalue weighted by Crippen LogP contribution is -1.92. The lowest BCUT2D eigenvalue weighted by Gasteiger charge is -2.05. The molecule has 4 nitrogen and oxygen atoms in total. The molecule has 0 fully saturated rings. The fourth-order valence-corrected chi connectivity index (χ4v) is 5.02. The minimum Gasteiger partial charge on any atom is -0.497 e. The molecule has 0 saturated heterocycles. The molecule has 0 aliphatic heterocycles. The highest BCUT2D eigenvalue weighted by Gasteiger charge is 2.14. The first kappa shape index (κ1) is 20.8. The zero-order chi connectivity index (χ0) is 21.1. The van der Waals surface area contributed by atoms with Gasteiger partial charge in [0.15, 0.2) is 0 Å². The zero-order valence-corrected chi connectivity index (χ0v) is 18.6. The smallest absolute Gasteiger partial charge is 0.128 e. The van der Waals surface area contributed by atoms with E-state index >= 15 is 0 Å². The molecular weight excluding hydrogens is 441 g/mol. The van der Waals surface area contributed by atoms with E-state index in [2.05, 4.69) is 15.2 Å². The van der Waals surface area contributed by atoms with Crippen LogP contribution in [0.15, 0.2) is 59.6 Å². The number of halogens is 2. The molecule has 0 radical (unpaired) electrons. The standard InChI is InChI=1S/C22H17ClFN3OS2/c1-13-21(30-22(25-13)14-6-8-15(28-2)9-7-14)19-10-11-20(27-26-19)29-12-16-17(23)4-3-5-18(16)24/h3-11H,12H2,1-2H3. The summed E-state index contributed by atoms with van der Waals surface area (Å²) in [6.07, 6.45) is 0. The first-order chi connectivity index (χ1) is 14.5. The van der Waals surface area contributed by atoms with E-state index in [-0.39, 0.29) is 5.82 Å². The third-order valence-corrected chi connectivity index (χ3v) is 6.96. The predicted molar refractivity (Wildman–Crippen MR) is 121 cm³/mol. The van der Waals surface area contributed by atoms with Gasteiger partial charge in [-0.2, -0.15) is 0 Å². The molecule has 152 valence electrons. The summed E-state index contributed by atoms with van der Waals surface area (Å²) in [5, 5.41) is 10.7. The van der Waals surface area contributed by atoms with Gasteiger partial charge in [0, 0.05) is 21.9 Å². The van der Waals surface area contributed by atoms with Crippen LogP contribution < -0.4 is 4.74 Å². The Morgan fingerprint density at radius 1 is 1.07 bits per heavy atom. The number of nitrogens with zero attached hydrogens (tertiary/aromatic N) is 3. The van der Waals surface area contributed by atoms with Crippen LogP contribution in [-0.4, -0.2) is 22.3 Å². The summed E-state index contributed by atoms with van der Waals surface area (Å²) in [6, 6.07) is 16.3. The van der Waals surface area contributed by atoms with Crippen molar-refractivity contribution in [2.45, 2.75) is 17.7 Å². The summed E-state index contributed by atoms with van der Waals surface area (Å²) in [6.45, 7) is 1.96. The van der Waals surface area contributed by atoms with E-state index in [0.717, 1.165) is 32.6 Å². The second-order valence-electron chi connectivity index (χ2n) is 6.41. The normalized spacial score (nSPS) is 10.9. The number of rotatable bonds is 6. The van der Waals surface area contributed by atoms with Gasteiger partial charge in [0.2, 0.25) is 0 Å². The van der Waals surface area contributed by atoms with E-state index < -0.39 is 0 Å². The number of aromatic nitrogens is 3. The van der Waals surface area contributed by atoms with Crippen LogP contribution in [0, 0.1) is 12.7 Å². The van der Waals surface area contributed by atoms with Crippen LogP contribution in [0.25, 0.3) is 21.1 Å². The molecule has 2 heterocycles. The van der Waals surface area contributed by atoms with Crippen molar-refractivity contribution in [3.63, 3.8) is 0 Å². The Labute approximate surface area is 187 Å². The quantitative estimate of drug-likeness (QED) is 0.302. The predicted octanol–water partition coefficient (Wildman–Crippen LogP) is 6.67. The Morgan fingerprint density at radius 3 is 2.53 bits per heavy atom. The van der Waals surface area contributed by atoms with Gasteiger partial charge >= 0.3 is 0 Å². The number of thiazole rings is 1. The topological polar surface area (TPSA) is 47.9 Å². The minimum atomic E-state index is -0.314. The second kappa shape index (κ2) is 9.12. The molecular formula is C22H17ClFN3OS2. The minimum absolute atomic E-state index is 0.314. The molecule has 0 aliphatic rings. The molecule has 0 saturated carbocycles. The molecule has 0 N–H and O–H groups in total. The molecule has 8 heteroatoms. The van der Waals surface area contributed by atoms with Crippen molar-refractivity contribution in [1.29, 1.82) is 0 Å². The van der Waals surface area contributed by atoms with Gasteiger partial charge in [-0.05, 0) is 55.5 Å². The van der Waals surface area contributed by atoms with Crippen molar-refractivity contribution in [3.05, 3.63) is 76.7 Å². The van der Waals surface area contributed by atoms with Crippen LogP contribution in [0.2, 0.25) is 5.02 Å². The Balaban J connectivity index is 1.50. The molecule has 0 unspecified atom stereocenters. The number of hydrogen-bond donors (Lipinski definition) is 0. The summed E-state index contributed by atoms with van der Waals surface area (Å²) in [4.78, 5) is 5.65. The van der Waals surface area contributed by atoms with Gasteiger partial charge < -0.3 is 4.74 Å². The first-order valence-electron chi connectivity index (χ1n) is 9.07. The number of ether oxygens (including phenoxy) is 1. The summed E-state index contributed by atoms with van der Waals surface area (Å²) in [7, 11) is 1.65. The fraction of sp³-hybridized carbons (Fsp3) is 0.136. The van der Waals surface area contributed by atoms with Crippen LogP contribution in [0.1, 0.15) is 11.3 Å². The number of thioether (sulfide) groups is 1. The summed E-state index contributed by atoms with van der Waals surface area (Å²) >= 11 is 9.05. The molecule has 0 atom stereocenters. The molecule has 0 spiro atoms. The Kier molecular flexibility index (Phi) is 6.32. The number of hydrogen-bond acceptors (Lipinski definition) is 6. The maximum absolute atomic E-state index is 13.9. The van der Waals surface area contributed by atoms with Gasteiger partial charge in [-0.3, -0.25) is 0 Å². The third kappa shape index (κ3) is 4.48. The summed E-state index contributed by atoms with van der Waals surface area (Å²) in [5.41, 5.74) is 3.16. The molecule has 4 aromatic rings. The fourth-order valence-electron chi connectivity index (χ4n) is 2.83. The van der Waals surface area contributed by atoms with Gasteiger partial charge in [0.05, 0.1) is 17.7 Å². The SMILES string of the molecule is COc1ccc(-c2nc(C)c(-c3ccc(SCc4c(F)cccc4Cl)nn3)s2)cc1. The maximum Gasteiger partial charge on any atom is 0.128 e. The lowest BCUT2D eigenvalue weighted by atomic mass is 10.2. The van der Waals surface area contributed by atoms with Gasteiger partial charge in [0.1, 0.15) is 27.3 Å². The highest BCUT2D eigenvalue weighted by Crippen LogP contribution is 2.35. The highest BCUT2D eigenvalue weighted by molar-refractivity contribution is 7.98. The van der Waals surface area contributed by atoms with Crippen molar-refractivity contribution in [2.24, 2.45) is 0 Å². The summed E-state index contributed by atoms with van der Waals surface area (Å²) < 4.78 is 19.1. The molecule has 0 bridgehead atoms. The van der Waals surface area contributed by atoms with Crippen molar-refractivity contribution < 1.29 is 9.13 Å². The molecule has 2 aromatic heterocycles. The molecule has 4 rings (SSSR count). The van der Waals surface area contributed by atoms with Crippen molar-refractivity contribution in [2.75, 3.05) is 7.11 Å². The average Bonchev–Trinajstić information content (AvgIpc) is 3.15. The van der Waals surface area contributed by atoms with Crippen molar-refractivity contribution in [3.8, 4) is 26.9 Å². The van der Waals surface area contributed by atoms with Crippen LogP contribution in [0.5, 0.6) is 5.75 Å². The van der Waals surface area contributed by atoms with Crippen molar-refractivity contribution in [1.82, 2.24) is 15.2 Å². The van der Waals surface area contributed by atoms with Gasteiger partial charge in [-0.25, -0.2) is 9.37 Å².